The zero-order valence-corrected chi connectivity index (χ0v) is 16.4. The molecule has 4 heterocycles. The van der Waals surface area contributed by atoms with Crippen molar-refractivity contribution in [3.8, 4) is 5.75 Å². The highest BCUT2D eigenvalue weighted by molar-refractivity contribution is 5.34. The van der Waals surface area contributed by atoms with Gasteiger partial charge in [-0.3, -0.25) is 9.80 Å². The minimum atomic E-state index is 0.0515. The SMILES string of the molecule is OCCOc1ccccc1CN1C[C@H](c2ccccc2)[C@H]2[C@@H]1C1CCN2CC1. The maximum absolute atomic E-state index is 9.15. The van der Waals surface area contributed by atoms with Crippen LogP contribution < -0.4 is 4.74 Å². The molecular weight excluding hydrogens is 348 g/mol. The molecule has 4 fully saturated rings. The molecule has 28 heavy (non-hydrogen) atoms. The average Bonchev–Trinajstić information content (AvgIpc) is 3.16. The summed E-state index contributed by atoms with van der Waals surface area (Å²) in [6.07, 6.45) is 2.67. The summed E-state index contributed by atoms with van der Waals surface area (Å²) >= 11 is 0. The second kappa shape index (κ2) is 7.86. The van der Waals surface area contributed by atoms with Crippen molar-refractivity contribution in [2.75, 3.05) is 32.8 Å². The predicted octanol–water partition coefficient (Wildman–Crippen LogP) is 3.12. The number of likely N-dealkylation sites (tertiary alicyclic amines) is 1. The molecule has 4 heteroatoms. The third-order valence-electron chi connectivity index (χ3n) is 7.02. The fourth-order valence-electron chi connectivity index (χ4n) is 5.87. The fourth-order valence-corrected chi connectivity index (χ4v) is 5.87. The van der Waals surface area contributed by atoms with Crippen LogP contribution in [0.3, 0.4) is 0 Å². The molecule has 2 bridgehead atoms. The summed E-state index contributed by atoms with van der Waals surface area (Å²) in [7, 11) is 0. The van der Waals surface area contributed by atoms with Crippen LogP contribution in [0.5, 0.6) is 5.75 Å². The second-order valence-corrected chi connectivity index (χ2v) is 8.48. The Balaban J connectivity index is 1.44. The lowest BCUT2D eigenvalue weighted by molar-refractivity contribution is -0.00888. The smallest absolute Gasteiger partial charge is 0.123 e. The van der Waals surface area contributed by atoms with Crippen LogP contribution in [-0.2, 0) is 6.54 Å². The maximum atomic E-state index is 9.15. The van der Waals surface area contributed by atoms with Gasteiger partial charge in [-0.15, -0.1) is 0 Å². The van der Waals surface area contributed by atoms with Crippen molar-refractivity contribution in [3.63, 3.8) is 0 Å². The molecule has 4 aliphatic rings. The topological polar surface area (TPSA) is 35.9 Å². The molecule has 1 N–H and O–H groups in total. The molecular formula is C24H30N2O2. The molecule has 2 aromatic rings. The van der Waals surface area contributed by atoms with Crippen LogP contribution in [0.1, 0.15) is 29.9 Å². The van der Waals surface area contributed by atoms with Crippen molar-refractivity contribution in [2.24, 2.45) is 5.92 Å². The van der Waals surface area contributed by atoms with E-state index >= 15 is 0 Å². The highest BCUT2D eigenvalue weighted by atomic mass is 16.5. The molecule has 3 atom stereocenters. The monoisotopic (exact) mass is 378 g/mol. The van der Waals surface area contributed by atoms with E-state index in [2.05, 4.69) is 52.3 Å². The molecule has 0 aromatic heterocycles. The van der Waals surface area contributed by atoms with Crippen molar-refractivity contribution >= 4 is 0 Å². The van der Waals surface area contributed by atoms with Crippen molar-refractivity contribution in [2.45, 2.75) is 37.4 Å². The standard InChI is InChI=1S/C24H30N2O2/c27-14-15-28-22-9-5-4-8-20(22)16-26-17-21(18-6-2-1-3-7-18)24-23(26)19-10-12-25(24)13-11-19/h1-9,19,21,23-24,27H,10-17H2/t21-,23+,24+/m1/s1. The van der Waals surface area contributed by atoms with Crippen LogP contribution in [0.15, 0.2) is 54.6 Å². The van der Waals surface area contributed by atoms with Crippen LogP contribution in [0.2, 0.25) is 0 Å². The number of piperidine rings is 3. The van der Waals surface area contributed by atoms with E-state index in [1.807, 2.05) is 12.1 Å². The summed E-state index contributed by atoms with van der Waals surface area (Å²) < 4.78 is 5.82. The molecule has 0 unspecified atom stereocenters. The molecule has 148 valence electrons. The number of ether oxygens (including phenoxy) is 1. The van der Waals surface area contributed by atoms with Crippen LogP contribution in [0, 0.1) is 5.92 Å². The van der Waals surface area contributed by atoms with Crippen LogP contribution in [0.25, 0.3) is 0 Å². The Bertz CT molecular complexity index is 788. The van der Waals surface area contributed by atoms with Gasteiger partial charge in [0.1, 0.15) is 12.4 Å². The Morgan fingerprint density at radius 1 is 0.929 bits per heavy atom. The van der Waals surface area contributed by atoms with Crippen molar-refractivity contribution in [1.29, 1.82) is 0 Å². The summed E-state index contributed by atoms with van der Waals surface area (Å²) in [5.41, 5.74) is 2.72. The largest absolute Gasteiger partial charge is 0.491 e. The maximum Gasteiger partial charge on any atom is 0.123 e. The summed E-state index contributed by atoms with van der Waals surface area (Å²) in [5, 5.41) is 9.15. The van der Waals surface area contributed by atoms with Crippen LogP contribution in [0.4, 0.5) is 0 Å². The number of nitrogens with zero attached hydrogens (tertiary/aromatic N) is 2. The quantitative estimate of drug-likeness (QED) is 0.838. The van der Waals surface area contributed by atoms with Gasteiger partial charge in [-0.1, -0.05) is 48.5 Å². The van der Waals surface area contributed by atoms with Gasteiger partial charge in [0.25, 0.3) is 0 Å². The highest BCUT2D eigenvalue weighted by Gasteiger charge is 2.53. The zero-order valence-electron chi connectivity index (χ0n) is 16.4. The summed E-state index contributed by atoms with van der Waals surface area (Å²) in [4.78, 5) is 5.48. The van der Waals surface area contributed by atoms with Gasteiger partial charge in [0.2, 0.25) is 0 Å². The first-order valence-corrected chi connectivity index (χ1v) is 10.7. The number of rotatable bonds is 6. The lowest BCUT2D eigenvalue weighted by Gasteiger charge is -2.51. The van der Waals surface area contributed by atoms with E-state index in [1.54, 1.807) is 0 Å². The lowest BCUT2D eigenvalue weighted by Crippen LogP contribution is -2.59. The molecule has 6 rings (SSSR count). The van der Waals surface area contributed by atoms with Gasteiger partial charge in [0.05, 0.1) is 6.61 Å². The van der Waals surface area contributed by atoms with Gasteiger partial charge in [-0.25, -0.2) is 0 Å². The first kappa shape index (κ1) is 18.2. The average molecular weight is 379 g/mol. The van der Waals surface area contributed by atoms with Gasteiger partial charge in [-0.2, -0.15) is 0 Å². The predicted molar refractivity (Wildman–Crippen MR) is 110 cm³/mol. The van der Waals surface area contributed by atoms with E-state index in [0.29, 0.717) is 24.6 Å². The van der Waals surface area contributed by atoms with Crippen molar-refractivity contribution < 1.29 is 9.84 Å². The minimum absolute atomic E-state index is 0.0515. The number of para-hydroxylation sites is 1. The summed E-state index contributed by atoms with van der Waals surface area (Å²) in [5.74, 6) is 2.31. The van der Waals surface area contributed by atoms with Crippen molar-refractivity contribution in [1.82, 2.24) is 9.80 Å². The third kappa shape index (κ3) is 3.24. The number of fused-ring (bicyclic) bond motifs is 2. The third-order valence-corrected chi connectivity index (χ3v) is 7.02. The zero-order chi connectivity index (χ0) is 18.9. The number of hydrogen-bond acceptors (Lipinski definition) is 4. The van der Waals surface area contributed by atoms with E-state index in [1.165, 1.54) is 37.1 Å². The Morgan fingerprint density at radius 3 is 2.46 bits per heavy atom. The van der Waals surface area contributed by atoms with E-state index < -0.39 is 0 Å². The van der Waals surface area contributed by atoms with E-state index in [9.17, 15) is 0 Å². The first-order valence-electron chi connectivity index (χ1n) is 10.7. The first-order chi connectivity index (χ1) is 13.8. The molecule has 4 aliphatic heterocycles. The Morgan fingerprint density at radius 2 is 1.68 bits per heavy atom. The van der Waals surface area contributed by atoms with Crippen molar-refractivity contribution in [3.05, 3.63) is 65.7 Å². The number of aliphatic hydroxyl groups excluding tert-OH is 1. The van der Waals surface area contributed by atoms with Gasteiger partial charge >= 0.3 is 0 Å². The molecule has 0 saturated carbocycles. The molecule has 0 spiro atoms. The molecule has 4 saturated heterocycles. The summed E-state index contributed by atoms with van der Waals surface area (Å²) in [6.45, 7) is 4.97. The normalized spacial score (nSPS) is 31.7. The Labute approximate surface area is 167 Å². The van der Waals surface area contributed by atoms with E-state index in [-0.39, 0.29) is 6.61 Å². The molecule has 2 aromatic carbocycles. The summed E-state index contributed by atoms with van der Waals surface area (Å²) in [6, 6.07) is 20.7. The molecule has 0 radical (unpaired) electrons. The Kier molecular flexibility index (Phi) is 5.10. The van der Waals surface area contributed by atoms with Gasteiger partial charge in [-0.05, 0) is 43.5 Å². The fraction of sp³-hybridized carbons (Fsp3) is 0.500. The molecule has 0 aliphatic carbocycles. The Hall–Kier alpha value is -1.88. The minimum Gasteiger partial charge on any atom is -0.491 e. The van der Waals surface area contributed by atoms with Gasteiger partial charge < -0.3 is 9.84 Å². The highest BCUT2D eigenvalue weighted by Crippen LogP contribution is 2.47. The van der Waals surface area contributed by atoms with Gasteiger partial charge in [0.15, 0.2) is 0 Å². The van der Waals surface area contributed by atoms with Crippen LogP contribution >= 0.6 is 0 Å². The molecule has 0 amide bonds. The second-order valence-electron chi connectivity index (χ2n) is 8.48. The van der Waals surface area contributed by atoms with Crippen LogP contribution in [-0.4, -0.2) is 59.8 Å². The number of aliphatic hydroxyl groups is 1. The lowest BCUT2D eigenvalue weighted by atomic mass is 9.75. The number of hydrogen-bond donors (Lipinski definition) is 1. The van der Waals surface area contributed by atoms with E-state index in [4.69, 9.17) is 9.84 Å². The number of benzene rings is 2. The van der Waals surface area contributed by atoms with Gasteiger partial charge in [0, 0.05) is 36.7 Å². The molecule has 4 nitrogen and oxygen atoms in total. The van der Waals surface area contributed by atoms with E-state index in [0.717, 1.165) is 24.8 Å².